The molecular formula is C12H13ClN2O4S. The van der Waals surface area contributed by atoms with Crippen LogP contribution in [-0.4, -0.2) is 25.7 Å². The van der Waals surface area contributed by atoms with E-state index < -0.39 is 9.84 Å². The van der Waals surface area contributed by atoms with Crippen LogP contribution in [0.5, 0.6) is 5.75 Å². The summed E-state index contributed by atoms with van der Waals surface area (Å²) in [5.41, 5.74) is 0.497. The number of ether oxygens (including phenoxy) is 1. The first-order valence-corrected chi connectivity index (χ1v) is 7.91. The van der Waals surface area contributed by atoms with Crippen molar-refractivity contribution in [2.75, 3.05) is 7.11 Å². The Morgan fingerprint density at radius 1 is 1.35 bits per heavy atom. The fraction of sp³-hybridized carbons (Fsp3) is 0.333. The monoisotopic (exact) mass is 316 g/mol. The third-order valence-corrected chi connectivity index (χ3v) is 4.20. The Balaban J connectivity index is 2.22. The van der Waals surface area contributed by atoms with Gasteiger partial charge in [0.15, 0.2) is 15.7 Å². The number of aryl methyl sites for hydroxylation is 1. The SMILES string of the molecule is COc1ccc(Cl)cc1CS(=O)(=O)Cc1nc(C)no1. The van der Waals surface area contributed by atoms with E-state index >= 15 is 0 Å². The van der Waals surface area contributed by atoms with E-state index in [0.717, 1.165) is 0 Å². The Hall–Kier alpha value is -1.60. The second-order valence-corrected chi connectivity index (χ2v) is 6.72. The molecule has 0 unspecified atom stereocenters. The molecule has 0 aliphatic rings. The summed E-state index contributed by atoms with van der Waals surface area (Å²) in [5.74, 6) is 0.417. The molecule has 0 spiro atoms. The van der Waals surface area contributed by atoms with Crippen LogP contribution in [0.15, 0.2) is 22.7 Å². The van der Waals surface area contributed by atoms with Crippen LogP contribution in [0, 0.1) is 6.92 Å². The first-order valence-electron chi connectivity index (χ1n) is 5.71. The Labute approximate surface area is 121 Å². The summed E-state index contributed by atoms with van der Waals surface area (Å²) in [6.07, 6.45) is 0. The molecule has 0 N–H and O–H groups in total. The summed E-state index contributed by atoms with van der Waals surface area (Å²) < 4.78 is 34.2. The van der Waals surface area contributed by atoms with Gasteiger partial charge in [0.05, 0.1) is 12.9 Å². The topological polar surface area (TPSA) is 82.3 Å². The first-order chi connectivity index (χ1) is 9.39. The molecule has 1 aromatic heterocycles. The summed E-state index contributed by atoms with van der Waals surface area (Å²) >= 11 is 5.87. The van der Waals surface area contributed by atoms with Crippen LogP contribution < -0.4 is 4.74 Å². The molecule has 2 aromatic rings. The Morgan fingerprint density at radius 2 is 2.10 bits per heavy atom. The number of hydrogen-bond acceptors (Lipinski definition) is 6. The molecule has 0 saturated carbocycles. The lowest BCUT2D eigenvalue weighted by molar-refractivity contribution is 0.384. The predicted molar refractivity (Wildman–Crippen MR) is 73.4 cm³/mol. The highest BCUT2D eigenvalue weighted by atomic mass is 35.5. The maximum Gasteiger partial charge on any atom is 0.241 e. The maximum absolute atomic E-state index is 12.1. The zero-order valence-electron chi connectivity index (χ0n) is 11.0. The molecule has 108 valence electrons. The molecule has 0 bridgehead atoms. The lowest BCUT2D eigenvalue weighted by atomic mass is 10.2. The van der Waals surface area contributed by atoms with Crippen LogP contribution >= 0.6 is 11.6 Å². The van der Waals surface area contributed by atoms with Crippen molar-refractivity contribution >= 4 is 21.4 Å². The number of benzene rings is 1. The molecular weight excluding hydrogens is 304 g/mol. The lowest BCUT2D eigenvalue weighted by Gasteiger charge is -2.08. The van der Waals surface area contributed by atoms with Crippen molar-refractivity contribution in [3.63, 3.8) is 0 Å². The van der Waals surface area contributed by atoms with Crippen molar-refractivity contribution in [2.45, 2.75) is 18.4 Å². The molecule has 1 aromatic carbocycles. The molecule has 0 saturated heterocycles. The van der Waals surface area contributed by atoms with Gasteiger partial charge in [0.1, 0.15) is 11.5 Å². The van der Waals surface area contributed by atoms with Gasteiger partial charge in [0.25, 0.3) is 0 Å². The molecule has 1 heterocycles. The van der Waals surface area contributed by atoms with Crippen molar-refractivity contribution in [3.8, 4) is 5.75 Å². The van der Waals surface area contributed by atoms with Gasteiger partial charge in [0.2, 0.25) is 5.89 Å². The van der Waals surface area contributed by atoms with Gasteiger partial charge in [-0.05, 0) is 25.1 Å². The summed E-state index contributed by atoms with van der Waals surface area (Å²) in [6, 6.07) is 4.83. The van der Waals surface area contributed by atoms with Gasteiger partial charge in [0, 0.05) is 10.6 Å². The minimum Gasteiger partial charge on any atom is -0.496 e. The first kappa shape index (κ1) is 14.8. The Bertz CT molecular complexity index is 712. The highest BCUT2D eigenvalue weighted by molar-refractivity contribution is 7.89. The Morgan fingerprint density at radius 3 is 2.70 bits per heavy atom. The van der Waals surface area contributed by atoms with Crippen molar-refractivity contribution < 1.29 is 17.7 Å². The zero-order valence-corrected chi connectivity index (χ0v) is 12.5. The van der Waals surface area contributed by atoms with Crippen molar-refractivity contribution in [1.82, 2.24) is 10.1 Å². The van der Waals surface area contributed by atoms with Crippen LogP contribution in [0.2, 0.25) is 5.02 Å². The van der Waals surface area contributed by atoms with E-state index in [1.54, 1.807) is 25.1 Å². The van der Waals surface area contributed by atoms with E-state index in [-0.39, 0.29) is 17.4 Å². The molecule has 6 nitrogen and oxygen atoms in total. The molecule has 0 amide bonds. The largest absolute Gasteiger partial charge is 0.496 e. The minimum absolute atomic E-state index is 0.0727. The molecule has 0 fully saturated rings. The second kappa shape index (κ2) is 5.80. The number of methoxy groups -OCH3 is 1. The van der Waals surface area contributed by atoms with Gasteiger partial charge in [-0.1, -0.05) is 16.8 Å². The number of aromatic nitrogens is 2. The molecule has 2 rings (SSSR count). The standard InChI is InChI=1S/C12H13ClN2O4S/c1-8-14-12(19-15-8)7-20(16,17)6-9-5-10(13)3-4-11(9)18-2/h3-5H,6-7H2,1-2H3. The highest BCUT2D eigenvalue weighted by Gasteiger charge is 2.19. The number of sulfone groups is 1. The number of hydrogen-bond donors (Lipinski definition) is 0. The van der Waals surface area contributed by atoms with Gasteiger partial charge < -0.3 is 9.26 Å². The summed E-state index contributed by atoms with van der Waals surface area (Å²) in [7, 11) is -1.99. The molecule has 0 aliphatic carbocycles. The van der Waals surface area contributed by atoms with Crippen LogP contribution in [0.1, 0.15) is 17.3 Å². The van der Waals surface area contributed by atoms with Crippen LogP contribution in [0.25, 0.3) is 0 Å². The van der Waals surface area contributed by atoms with E-state index in [2.05, 4.69) is 10.1 Å². The molecule has 8 heteroatoms. The smallest absolute Gasteiger partial charge is 0.241 e. The van der Waals surface area contributed by atoms with Gasteiger partial charge >= 0.3 is 0 Å². The van der Waals surface area contributed by atoms with E-state index in [0.29, 0.717) is 22.2 Å². The number of rotatable bonds is 5. The van der Waals surface area contributed by atoms with Gasteiger partial charge in [-0.2, -0.15) is 4.98 Å². The third-order valence-electron chi connectivity index (χ3n) is 2.53. The van der Waals surface area contributed by atoms with Crippen molar-refractivity contribution in [2.24, 2.45) is 0 Å². The number of nitrogens with zero attached hydrogens (tertiary/aromatic N) is 2. The molecule has 0 radical (unpaired) electrons. The molecule has 0 atom stereocenters. The minimum atomic E-state index is -3.46. The molecule has 0 aliphatic heterocycles. The van der Waals surface area contributed by atoms with E-state index in [1.807, 2.05) is 0 Å². The second-order valence-electron chi connectivity index (χ2n) is 4.22. The van der Waals surface area contributed by atoms with Crippen LogP contribution in [0.3, 0.4) is 0 Å². The summed E-state index contributed by atoms with van der Waals surface area (Å²) in [5, 5.41) is 4.01. The normalized spacial score (nSPS) is 11.6. The van der Waals surface area contributed by atoms with Gasteiger partial charge in [-0.3, -0.25) is 0 Å². The molecule has 20 heavy (non-hydrogen) atoms. The highest BCUT2D eigenvalue weighted by Crippen LogP contribution is 2.25. The van der Waals surface area contributed by atoms with Crippen LogP contribution in [0.4, 0.5) is 0 Å². The summed E-state index contributed by atoms with van der Waals surface area (Å²) in [6.45, 7) is 1.62. The van der Waals surface area contributed by atoms with Crippen LogP contribution in [-0.2, 0) is 21.3 Å². The van der Waals surface area contributed by atoms with Gasteiger partial charge in [-0.15, -0.1) is 0 Å². The van der Waals surface area contributed by atoms with E-state index in [4.69, 9.17) is 20.9 Å². The zero-order chi connectivity index (χ0) is 14.8. The average Bonchev–Trinajstić information content (AvgIpc) is 2.73. The number of halogens is 1. The van der Waals surface area contributed by atoms with Crippen molar-refractivity contribution in [3.05, 3.63) is 40.5 Å². The average molecular weight is 317 g/mol. The fourth-order valence-corrected chi connectivity index (χ4v) is 3.22. The fourth-order valence-electron chi connectivity index (χ4n) is 1.73. The third kappa shape index (κ3) is 3.71. The summed E-state index contributed by atoms with van der Waals surface area (Å²) in [4.78, 5) is 3.88. The lowest BCUT2D eigenvalue weighted by Crippen LogP contribution is -2.09. The maximum atomic E-state index is 12.1. The van der Waals surface area contributed by atoms with E-state index in [1.165, 1.54) is 7.11 Å². The quantitative estimate of drug-likeness (QED) is 0.840. The van der Waals surface area contributed by atoms with E-state index in [9.17, 15) is 8.42 Å². The van der Waals surface area contributed by atoms with Crippen molar-refractivity contribution in [1.29, 1.82) is 0 Å². The van der Waals surface area contributed by atoms with Gasteiger partial charge in [-0.25, -0.2) is 8.42 Å². The Kier molecular flexibility index (Phi) is 4.29. The predicted octanol–water partition coefficient (Wildman–Crippen LogP) is 2.16.